The minimum absolute atomic E-state index is 0.164. The molecular weight excluding hydrogens is 344 g/mol. The number of hydrogen-bond donors (Lipinski definition) is 1. The summed E-state index contributed by atoms with van der Waals surface area (Å²) in [6.07, 6.45) is 11.0. The molecule has 156 valence electrons. The zero-order valence-corrected chi connectivity index (χ0v) is 18.0. The summed E-state index contributed by atoms with van der Waals surface area (Å²) in [4.78, 5) is 5.33. The van der Waals surface area contributed by atoms with Crippen LogP contribution in [0.4, 0.5) is 0 Å². The van der Waals surface area contributed by atoms with E-state index in [0.717, 1.165) is 30.3 Å². The van der Waals surface area contributed by atoms with Crippen molar-refractivity contribution in [3.63, 3.8) is 0 Å². The number of hydrogen-bond acceptors (Lipinski definition) is 3. The molecule has 0 spiro atoms. The van der Waals surface area contributed by atoms with Crippen molar-refractivity contribution < 1.29 is 5.11 Å². The predicted molar refractivity (Wildman–Crippen MR) is 116 cm³/mol. The van der Waals surface area contributed by atoms with Crippen molar-refractivity contribution in [3.8, 4) is 0 Å². The molecule has 3 nitrogen and oxygen atoms in total. The van der Waals surface area contributed by atoms with Gasteiger partial charge in [-0.15, -0.1) is 0 Å². The number of benzene rings is 1. The highest BCUT2D eigenvalue weighted by molar-refractivity contribution is 5.20. The second kappa shape index (κ2) is 9.28. The van der Waals surface area contributed by atoms with E-state index >= 15 is 0 Å². The molecule has 0 unspecified atom stereocenters. The number of likely N-dealkylation sites (tertiary alicyclic amines) is 2. The Morgan fingerprint density at radius 1 is 1.04 bits per heavy atom. The smallest absolute Gasteiger partial charge is 0.0628 e. The van der Waals surface area contributed by atoms with Gasteiger partial charge in [0, 0.05) is 12.1 Å². The zero-order chi connectivity index (χ0) is 19.5. The van der Waals surface area contributed by atoms with Crippen LogP contribution < -0.4 is 0 Å². The molecule has 1 aromatic carbocycles. The Balaban J connectivity index is 1.52. The van der Waals surface area contributed by atoms with Gasteiger partial charge in [0.15, 0.2) is 0 Å². The van der Waals surface area contributed by atoms with E-state index in [4.69, 9.17) is 0 Å². The van der Waals surface area contributed by atoms with E-state index in [1.807, 2.05) is 0 Å². The molecule has 1 aliphatic carbocycles. The molecular formula is C25H40N2O. The van der Waals surface area contributed by atoms with Gasteiger partial charge in [-0.05, 0) is 88.4 Å². The first kappa shape index (κ1) is 20.4. The Bertz CT molecular complexity index is 606. The molecule has 3 fully saturated rings. The summed E-state index contributed by atoms with van der Waals surface area (Å²) < 4.78 is 0. The van der Waals surface area contributed by atoms with E-state index in [-0.39, 0.29) is 12.6 Å². The van der Waals surface area contributed by atoms with E-state index in [2.05, 4.69) is 54.1 Å². The fourth-order valence-corrected chi connectivity index (χ4v) is 6.70. The molecule has 3 aliphatic rings. The van der Waals surface area contributed by atoms with Gasteiger partial charge in [0.05, 0.1) is 12.6 Å². The van der Waals surface area contributed by atoms with Gasteiger partial charge >= 0.3 is 0 Å². The lowest BCUT2D eigenvalue weighted by Crippen LogP contribution is -2.53. The summed E-state index contributed by atoms with van der Waals surface area (Å²) in [6, 6.07) is 12.3. The molecule has 2 saturated heterocycles. The molecule has 1 aromatic rings. The van der Waals surface area contributed by atoms with E-state index in [1.54, 1.807) is 0 Å². The van der Waals surface area contributed by atoms with Crippen molar-refractivity contribution in [1.82, 2.24) is 9.80 Å². The standard InChI is InChI=1S/C25H40N2O/c1-19-15-21(17-22-11-6-7-13-26(22)2)23-12-8-14-27(24(23)16-19)25(18-28)20-9-4-3-5-10-20/h3-5,9-10,19,21-25,28H,6-8,11-18H2,1-2H3/t19-,21+,22+,23+,24-,25+/m1/s1. The van der Waals surface area contributed by atoms with Crippen LogP contribution in [0.2, 0.25) is 0 Å². The number of aliphatic hydroxyl groups excluding tert-OH is 1. The summed E-state index contributed by atoms with van der Waals surface area (Å²) in [6.45, 7) is 5.13. The van der Waals surface area contributed by atoms with Crippen LogP contribution in [-0.4, -0.2) is 53.7 Å². The molecule has 0 radical (unpaired) electrons. The molecule has 3 heteroatoms. The average Bonchev–Trinajstić information content (AvgIpc) is 2.71. The average molecular weight is 385 g/mol. The lowest BCUT2D eigenvalue weighted by Gasteiger charge is -2.53. The van der Waals surface area contributed by atoms with Crippen molar-refractivity contribution >= 4 is 0 Å². The summed E-state index contributed by atoms with van der Waals surface area (Å²) in [5.41, 5.74) is 1.28. The molecule has 2 aliphatic heterocycles. The van der Waals surface area contributed by atoms with Crippen molar-refractivity contribution in [2.75, 3.05) is 26.7 Å². The fraction of sp³-hybridized carbons (Fsp3) is 0.760. The minimum atomic E-state index is 0.164. The van der Waals surface area contributed by atoms with Crippen molar-refractivity contribution in [3.05, 3.63) is 35.9 Å². The van der Waals surface area contributed by atoms with Crippen LogP contribution in [0, 0.1) is 17.8 Å². The number of piperidine rings is 2. The van der Waals surface area contributed by atoms with Crippen LogP contribution in [0.3, 0.4) is 0 Å². The van der Waals surface area contributed by atoms with Gasteiger partial charge in [0.1, 0.15) is 0 Å². The van der Waals surface area contributed by atoms with Crippen LogP contribution in [-0.2, 0) is 0 Å². The maximum atomic E-state index is 10.3. The van der Waals surface area contributed by atoms with E-state index in [1.165, 1.54) is 63.5 Å². The highest BCUT2D eigenvalue weighted by Gasteiger charge is 2.44. The first-order chi connectivity index (χ1) is 13.7. The maximum Gasteiger partial charge on any atom is 0.0628 e. The second-order valence-electron chi connectivity index (χ2n) is 9.92. The molecule has 1 N–H and O–H groups in total. The van der Waals surface area contributed by atoms with E-state index in [0.29, 0.717) is 6.04 Å². The Hall–Kier alpha value is -0.900. The largest absolute Gasteiger partial charge is 0.394 e. The van der Waals surface area contributed by atoms with Crippen LogP contribution >= 0.6 is 0 Å². The first-order valence-electron chi connectivity index (χ1n) is 11.8. The van der Waals surface area contributed by atoms with E-state index in [9.17, 15) is 5.11 Å². The van der Waals surface area contributed by atoms with Crippen LogP contribution in [0.5, 0.6) is 0 Å². The Kier molecular flexibility index (Phi) is 6.75. The van der Waals surface area contributed by atoms with Gasteiger partial charge in [-0.2, -0.15) is 0 Å². The third kappa shape index (κ3) is 4.32. The van der Waals surface area contributed by atoms with Crippen molar-refractivity contribution in [2.24, 2.45) is 17.8 Å². The monoisotopic (exact) mass is 384 g/mol. The molecule has 6 atom stereocenters. The maximum absolute atomic E-state index is 10.3. The molecule has 28 heavy (non-hydrogen) atoms. The molecule has 2 heterocycles. The van der Waals surface area contributed by atoms with Crippen molar-refractivity contribution in [2.45, 2.75) is 76.4 Å². The minimum Gasteiger partial charge on any atom is -0.394 e. The Morgan fingerprint density at radius 2 is 1.86 bits per heavy atom. The number of rotatable bonds is 5. The number of fused-ring (bicyclic) bond motifs is 1. The van der Waals surface area contributed by atoms with Crippen LogP contribution in [0.1, 0.15) is 69.9 Å². The van der Waals surface area contributed by atoms with Gasteiger partial charge < -0.3 is 10.0 Å². The third-order valence-electron chi connectivity index (χ3n) is 8.08. The lowest BCUT2D eigenvalue weighted by molar-refractivity contribution is -0.0398. The normalized spacial score (nSPS) is 36.0. The summed E-state index contributed by atoms with van der Waals surface area (Å²) in [7, 11) is 2.35. The number of aliphatic hydroxyl groups is 1. The van der Waals surface area contributed by atoms with Crippen molar-refractivity contribution in [1.29, 1.82) is 0 Å². The van der Waals surface area contributed by atoms with Gasteiger partial charge in [0.25, 0.3) is 0 Å². The van der Waals surface area contributed by atoms with Crippen LogP contribution in [0.15, 0.2) is 30.3 Å². The summed E-state index contributed by atoms with van der Waals surface area (Å²) >= 11 is 0. The molecule has 0 amide bonds. The first-order valence-corrected chi connectivity index (χ1v) is 11.8. The highest BCUT2D eigenvalue weighted by Crippen LogP contribution is 2.46. The summed E-state index contributed by atoms with van der Waals surface area (Å²) in [5.74, 6) is 2.48. The molecule has 0 aromatic heterocycles. The number of nitrogens with zero attached hydrogens (tertiary/aromatic N) is 2. The molecule has 4 rings (SSSR count). The lowest BCUT2D eigenvalue weighted by atomic mass is 9.65. The highest BCUT2D eigenvalue weighted by atomic mass is 16.3. The zero-order valence-electron chi connectivity index (χ0n) is 18.0. The van der Waals surface area contributed by atoms with Crippen LogP contribution in [0.25, 0.3) is 0 Å². The molecule has 0 bridgehead atoms. The van der Waals surface area contributed by atoms with E-state index < -0.39 is 0 Å². The predicted octanol–water partition coefficient (Wildman–Crippen LogP) is 4.72. The van der Waals surface area contributed by atoms with Gasteiger partial charge in [-0.25, -0.2) is 0 Å². The topological polar surface area (TPSA) is 26.7 Å². The Labute approximate surface area is 172 Å². The SMILES string of the molecule is C[C@@H]1C[C@@H](C[C@@H]2CCCCN2C)[C@@H]2CCCN([C@@H](CO)c3ccccc3)[C@@H]2C1. The van der Waals surface area contributed by atoms with Gasteiger partial charge in [0.2, 0.25) is 0 Å². The second-order valence-corrected chi connectivity index (χ2v) is 9.92. The summed E-state index contributed by atoms with van der Waals surface area (Å²) in [5, 5.41) is 10.3. The molecule has 1 saturated carbocycles. The fourth-order valence-electron chi connectivity index (χ4n) is 6.70. The van der Waals surface area contributed by atoms with Gasteiger partial charge in [-0.1, -0.05) is 43.7 Å². The van der Waals surface area contributed by atoms with Gasteiger partial charge in [-0.3, -0.25) is 4.90 Å². The quantitative estimate of drug-likeness (QED) is 0.796. The third-order valence-corrected chi connectivity index (χ3v) is 8.08. The Morgan fingerprint density at radius 3 is 2.61 bits per heavy atom.